The van der Waals surface area contributed by atoms with Crippen LogP contribution in [0.4, 0.5) is 11.4 Å². The minimum atomic E-state index is -1.17. The Morgan fingerprint density at radius 1 is 1.00 bits per heavy atom. The fourth-order valence-corrected chi connectivity index (χ4v) is 5.83. The molecule has 0 saturated carbocycles. The monoisotopic (exact) mass is 588 g/mol. The van der Waals surface area contributed by atoms with Gasteiger partial charge in [-0.2, -0.15) is 5.10 Å². The molecule has 2 amide bonds. The van der Waals surface area contributed by atoms with E-state index in [1.165, 1.54) is 0 Å². The maximum Gasteiger partial charge on any atom is 0.261 e. The summed E-state index contributed by atoms with van der Waals surface area (Å²) in [5, 5.41) is 5.04. The Bertz CT molecular complexity index is 1730. The molecule has 0 saturated heterocycles. The molecule has 0 unspecified atom stereocenters. The smallest absolute Gasteiger partial charge is 0.261 e. The largest absolute Gasteiger partial charge is 0.458 e. The summed E-state index contributed by atoms with van der Waals surface area (Å²) in [6.07, 6.45) is 1.76. The van der Waals surface area contributed by atoms with E-state index < -0.39 is 5.41 Å². The number of ether oxygens (including phenoxy) is 1. The average Bonchev–Trinajstić information content (AvgIpc) is 3.52. The highest BCUT2D eigenvalue weighted by Gasteiger charge is 2.45. The van der Waals surface area contributed by atoms with Crippen LogP contribution in [0.5, 0.6) is 0 Å². The van der Waals surface area contributed by atoms with Gasteiger partial charge in [-0.15, -0.1) is 0 Å². The number of aryl methyl sites for hydroxylation is 2. The molecule has 0 atom stereocenters. The summed E-state index contributed by atoms with van der Waals surface area (Å²) < 4.78 is 14.5. The number of anilines is 2. The summed E-state index contributed by atoms with van der Waals surface area (Å²) in [6.45, 7) is 10.2. The Morgan fingerprint density at radius 3 is 2.44 bits per heavy atom. The Hall–Kier alpha value is -4.22. The van der Waals surface area contributed by atoms with E-state index in [1.807, 2.05) is 49.8 Å². The van der Waals surface area contributed by atoms with E-state index in [0.717, 1.165) is 22.6 Å². The van der Waals surface area contributed by atoms with Crippen molar-refractivity contribution in [3.05, 3.63) is 75.7 Å². The van der Waals surface area contributed by atoms with E-state index in [1.54, 1.807) is 54.6 Å². The van der Waals surface area contributed by atoms with Gasteiger partial charge in [-0.25, -0.2) is 0 Å². The lowest BCUT2D eigenvalue weighted by Crippen LogP contribution is -2.47. The zero-order valence-corrected chi connectivity index (χ0v) is 26.0. The second-order valence-corrected chi connectivity index (χ2v) is 11.7. The standard InChI is InChI=1S/C32H40N6O5/c1-8-38-26-10-9-22(16-27(26)34(5)30(40)32(3,4)31(38)41)18-36(19-23-15-21(2)33-35(23)6)13-14-37-12-11-28-25(29(37)39)17-24(43-28)20-42-7/h9-12,15-17H,8,13-14,18-20H2,1-7H3. The Labute approximate surface area is 251 Å². The van der Waals surface area contributed by atoms with Crippen LogP contribution in [0.3, 0.4) is 0 Å². The van der Waals surface area contributed by atoms with E-state index in [2.05, 4.69) is 16.1 Å². The lowest BCUT2D eigenvalue weighted by Gasteiger charge is -2.27. The van der Waals surface area contributed by atoms with Crippen LogP contribution in [0.15, 0.2) is 51.8 Å². The van der Waals surface area contributed by atoms with Crippen molar-refractivity contribution in [1.29, 1.82) is 0 Å². The molecule has 0 aliphatic carbocycles. The number of nitrogens with zero attached hydrogens (tertiary/aromatic N) is 6. The summed E-state index contributed by atoms with van der Waals surface area (Å²) in [5.41, 5.74) is 3.66. The Balaban J connectivity index is 1.45. The lowest BCUT2D eigenvalue weighted by molar-refractivity contribution is -0.137. The van der Waals surface area contributed by atoms with Crippen molar-refractivity contribution in [3.63, 3.8) is 0 Å². The molecule has 228 valence electrons. The van der Waals surface area contributed by atoms with Crippen LogP contribution in [-0.2, 0) is 47.6 Å². The van der Waals surface area contributed by atoms with Crippen molar-refractivity contribution in [2.75, 3.05) is 37.0 Å². The van der Waals surface area contributed by atoms with Gasteiger partial charge in [0.25, 0.3) is 5.56 Å². The van der Waals surface area contributed by atoms with Crippen LogP contribution in [0.1, 0.15) is 43.5 Å². The molecule has 11 nitrogen and oxygen atoms in total. The molecule has 4 heterocycles. The van der Waals surface area contributed by atoms with Crippen LogP contribution in [0.25, 0.3) is 11.0 Å². The molecule has 0 fully saturated rings. The van der Waals surface area contributed by atoms with E-state index in [9.17, 15) is 14.4 Å². The number of aromatic nitrogens is 3. The van der Waals surface area contributed by atoms with Gasteiger partial charge >= 0.3 is 0 Å². The highest BCUT2D eigenvalue weighted by Crippen LogP contribution is 2.39. The second kappa shape index (κ2) is 11.8. The number of carbonyl (C=O) groups excluding carboxylic acids is 2. The normalized spacial score (nSPS) is 15.1. The number of methoxy groups -OCH3 is 1. The molecule has 1 aromatic carbocycles. The predicted molar refractivity (Wildman–Crippen MR) is 165 cm³/mol. The fourth-order valence-electron chi connectivity index (χ4n) is 5.83. The first-order valence-corrected chi connectivity index (χ1v) is 14.5. The summed E-state index contributed by atoms with van der Waals surface area (Å²) in [4.78, 5) is 45.5. The molecule has 0 N–H and O–H groups in total. The number of amides is 2. The van der Waals surface area contributed by atoms with E-state index in [-0.39, 0.29) is 17.4 Å². The van der Waals surface area contributed by atoms with E-state index in [0.29, 0.717) is 61.7 Å². The van der Waals surface area contributed by atoms with E-state index >= 15 is 0 Å². The van der Waals surface area contributed by atoms with Crippen molar-refractivity contribution < 1.29 is 18.7 Å². The summed E-state index contributed by atoms with van der Waals surface area (Å²) >= 11 is 0. The third kappa shape index (κ3) is 5.74. The molecule has 11 heteroatoms. The molecular weight excluding hydrogens is 548 g/mol. The summed E-state index contributed by atoms with van der Waals surface area (Å²) in [7, 11) is 5.24. The third-order valence-electron chi connectivity index (χ3n) is 8.17. The molecule has 3 aromatic heterocycles. The summed E-state index contributed by atoms with van der Waals surface area (Å²) in [5.74, 6) is 0.164. The Kier molecular flexibility index (Phi) is 8.31. The summed E-state index contributed by atoms with van der Waals surface area (Å²) in [6, 6.07) is 11.5. The SMILES string of the molecule is CCN1C(=O)C(C)(C)C(=O)N(C)c2cc(CN(CCn3ccc4oc(COC)cc4c3=O)Cc3cc(C)nn3C)ccc21. The van der Waals surface area contributed by atoms with Crippen molar-refractivity contribution >= 4 is 34.2 Å². The van der Waals surface area contributed by atoms with Crippen LogP contribution < -0.4 is 15.4 Å². The van der Waals surface area contributed by atoms with Gasteiger partial charge in [0.1, 0.15) is 23.4 Å². The maximum atomic E-state index is 13.4. The lowest BCUT2D eigenvalue weighted by atomic mass is 9.90. The molecule has 4 aromatic rings. The molecule has 1 aliphatic rings. The van der Waals surface area contributed by atoms with Crippen LogP contribution in [-0.4, -0.2) is 58.3 Å². The van der Waals surface area contributed by atoms with Gasteiger partial charge in [0.15, 0.2) is 0 Å². The molecule has 0 bridgehead atoms. The molecule has 0 spiro atoms. The highest BCUT2D eigenvalue weighted by atomic mass is 16.5. The number of fused-ring (bicyclic) bond motifs is 2. The number of hydrogen-bond donors (Lipinski definition) is 0. The van der Waals surface area contributed by atoms with Gasteiger partial charge in [0.2, 0.25) is 11.8 Å². The predicted octanol–water partition coefficient (Wildman–Crippen LogP) is 3.84. The number of rotatable bonds is 10. The van der Waals surface area contributed by atoms with Crippen molar-refractivity contribution in [1.82, 2.24) is 19.2 Å². The minimum absolute atomic E-state index is 0.114. The molecular formula is C32H40N6O5. The molecule has 1 aliphatic heterocycles. The average molecular weight is 589 g/mol. The number of benzene rings is 1. The first-order valence-electron chi connectivity index (χ1n) is 14.5. The van der Waals surface area contributed by atoms with Gasteiger partial charge in [0, 0.05) is 60.1 Å². The zero-order valence-electron chi connectivity index (χ0n) is 26.0. The number of carbonyl (C=O) groups is 2. The van der Waals surface area contributed by atoms with Gasteiger partial charge in [-0.05, 0) is 63.6 Å². The zero-order chi connectivity index (χ0) is 31.1. The number of pyridine rings is 1. The Morgan fingerprint density at radius 2 is 1.77 bits per heavy atom. The second-order valence-electron chi connectivity index (χ2n) is 11.7. The van der Waals surface area contributed by atoms with Gasteiger partial charge in [0.05, 0.1) is 28.1 Å². The van der Waals surface area contributed by atoms with Crippen molar-refractivity contribution in [2.24, 2.45) is 12.5 Å². The number of furan rings is 1. The van der Waals surface area contributed by atoms with Gasteiger partial charge in [-0.3, -0.25) is 24.0 Å². The molecule has 43 heavy (non-hydrogen) atoms. The minimum Gasteiger partial charge on any atom is -0.458 e. The first kappa shape index (κ1) is 30.2. The van der Waals surface area contributed by atoms with E-state index in [4.69, 9.17) is 9.15 Å². The first-order chi connectivity index (χ1) is 20.4. The molecule has 5 rings (SSSR count). The van der Waals surface area contributed by atoms with Crippen LogP contribution >= 0.6 is 0 Å². The number of hydrogen-bond acceptors (Lipinski definition) is 7. The van der Waals surface area contributed by atoms with Crippen LogP contribution in [0, 0.1) is 12.3 Å². The third-order valence-corrected chi connectivity index (χ3v) is 8.17. The van der Waals surface area contributed by atoms with Crippen molar-refractivity contribution in [2.45, 2.75) is 53.9 Å². The van der Waals surface area contributed by atoms with Crippen molar-refractivity contribution in [3.8, 4) is 0 Å². The topological polar surface area (TPSA) is 106 Å². The van der Waals surface area contributed by atoms with Gasteiger partial charge < -0.3 is 23.5 Å². The van der Waals surface area contributed by atoms with Gasteiger partial charge in [-0.1, -0.05) is 6.07 Å². The quantitative estimate of drug-likeness (QED) is 0.259. The highest BCUT2D eigenvalue weighted by molar-refractivity contribution is 6.19. The fraction of sp³-hybridized carbons (Fsp3) is 0.438. The molecule has 0 radical (unpaired) electrons. The van der Waals surface area contributed by atoms with Crippen LogP contribution in [0.2, 0.25) is 0 Å². The maximum absolute atomic E-state index is 13.4.